The van der Waals surface area contributed by atoms with Gasteiger partial charge in [0.25, 0.3) is 0 Å². The zero-order chi connectivity index (χ0) is 18.3. The predicted octanol–water partition coefficient (Wildman–Crippen LogP) is 3.25. The summed E-state index contributed by atoms with van der Waals surface area (Å²) in [5.41, 5.74) is 2.99. The molecule has 6 heteroatoms. The quantitative estimate of drug-likeness (QED) is 0.608. The van der Waals surface area contributed by atoms with E-state index in [9.17, 15) is 9.59 Å². The summed E-state index contributed by atoms with van der Waals surface area (Å²) >= 11 is 0. The number of aromatic nitrogens is 1. The molecule has 2 aliphatic rings. The molecule has 0 amide bonds. The Balaban J connectivity index is 1.43. The van der Waals surface area contributed by atoms with Gasteiger partial charge in [-0.15, -0.1) is 0 Å². The van der Waals surface area contributed by atoms with Crippen molar-refractivity contribution in [2.75, 3.05) is 19.8 Å². The van der Waals surface area contributed by atoms with Gasteiger partial charge in [0, 0.05) is 23.0 Å². The van der Waals surface area contributed by atoms with Gasteiger partial charge in [0.2, 0.25) is 5.78 Å². The van der Waals surface area contributed by atoms with Gasteiger partial charge in [-0.05, 0) is 51.0 Å². The highest BCUT2D eigenvalue weighted by molar-refractivity contribution is 6.00. The van der Waals surface area contributed by atoms with Gasteiger partial charge in [-0.1, -0.05) is 0 Å². The minimum absolute atomic E-state index is 0.184. The highest BCUT2D eigenvalue weighted by Crippen LogP contribution is 2.38. The van der Waals surface area contributed by atoms with Crippen molar-refractivity contribution in [1.29, 1.82) is 0 Å². The summed E-state index contributed by atoms with van der Waals surface area (Å²) in [7, 11) is 0. The van der Waals surface area contributed by atoms with Gasteiger partial charge in [0.1, 0.15) is 13.2 Å². The minimum atomic E-state index is -0.550. The Morgan fingerprint density at radius 2 is 1.85 bits per heavy atom. The second-order valence-corrected chi connectivity index (χ2v) is 6.74. The number of ether oxygens (including phenoxy) is 3. The first-order valence-electron chi connectivity index (χ1n) is 8.83. The maximum absolute atomic E-state index is 12.5. The summed E-state index contributed by atoms with van der Waals surface area (Å²) in [6.07, 6.45) is 2.31. The van der Waals surface area contributed by atoms with E-state index in [1.807, 2.05) is 19.9 Å². The zero-order valence-corrected chi connectivity index (χ0v) is 14.9. The maximum Gasteiger partial charge on any atom is 0.338 e. The van der Waals surface area contributed by atoms with Gasteiger partial charge < -0.3 is 18.8 Å². The number of Topliss-reactive ketones (excluding diaryl/α,β-unsaturated/α-hetero) is 1. The molecule has 26 heavy (non-hydrogen) atoms. The molecule has 1 saturated carbocycles. The van der Waals surface area contributed by atoms with Crippen LogP contribution in [0.25, 0.3) is 0 Å². The molecule has 0 atom stereocenters. The number of esters is 1. The molecule has 0 unspecified atom stereocenters. The van der Waals surface area contributed by atoms with Crippen LogP contribution in [0.1, 0.15) is 51.0 Å². The Labute approximate surface area is 151 Å². The number of carbonyl (C=O) groups is 2. The van der Waals surface area contributed by atoms with Gasteiger partial charge in [-0.25, -0.2) is 4.79 Å². The summed E-state index contributed by atoms with van der Waals surface area (Å²) in [4.78, 5) is 24.8. The number of hydrogen-bond acceptors (Lipinski definition) is 5. The third-order valence-corrected chi connectivity index (χ3v) is 4.81. The molecular weight excluding hydrogens is 334 g/mol. The molecule has 2 aromatic rings. The lowest BCUT2D eigenvalue weighted by Crippen LogP contribution is -2.17. The monoisotopic (exact) mass is 355 g/mol. The summed E-state index contributed by atoms with van der Waals surface area (Å²) < 4.78 is 18.3. The topological polar surface area (TPSA) is 66.8 Å². The van der Waals surface area contributed by atoms with Crippen LogP contribution in [0.5, 0.6) is 11.5 Å². The number of aryl methyl sites for hydroxylation is 1. The fraction of sp³-hybridized carbons (Fsp3) is 0.400. The van der Waals surface area contributed by atoms with Crippen LogP contribution in [-0.2, 0) is 4.74 Å². The number of rotatable bonds is 5. The molecule has 1 aromatic carbocycles. The van der Waals surface area contributed by atoms with Gasteiger partial charge in [-0.3, -0.25) is 4.79 Å². The van der Waals surface area contributed by atoms with E-state index in [2.05, 4.69) is 4.57 Å². The predicted molar refractivity (Wildman–Crippen MR) is 94.2 cm³/mol. The normalized spacial score (nSPS) is 15.6. The van der Waals surface area contributed by atoms with E-state index in [0.29, 0.717) is 41.9 Å². The molecule has 136 valence electrons. The maximum atomic E-state index is 12.5. The first-order valence-corrected chi connectivity index (χ1v) is 8.83. The van der Waals surface area contributed by atoms with Crippen molar-refractivity contribution in [3.8, 4) is 11.5 Å². The summed E-state index contributed by atoms with van der Waals surface area (Å²) in [5, 5.41) is 0. The third kappa shape index (κ3) is 3.07. The van der Waals surface area contributed by atoms with E-state index in [1.54, 1.807) is 18.2 Å². The Bertz CT molecular complexity index is 879. The number of hydrogen-bond donors (Lipinski definition) is 0. The van der Waals surface area contributed by atoms with Gasteiger partial charge in [-0.2, -0.15) is 0 Å². The van der Waals surface area contributed by atoms with Crippen molar-refractivity contribution in [3.05, 3.63) is 46.8 Å². The van der Waals surface area contributed by atoms with E-state index < -0.39 is 5.97 Å². The Kier molecular flexibility index (Phi) is 4.18. The highest BCUT2D eigenvalue weighted by Gasteiger charge is 2.28. The first-order chi connectivity index (χ1) is 12.5. The fourth-order valence-corrected chi connectivity index (χ4v) is 3.42. The van der Waals surface area contributed by atoms with Crippen LogP contribution in [0.2, 0.25) is 0 Å². The molecule has 2 heterocycles. The van der Waals surface area contributed by atoms with Crippen molar-refractivity contribution in [2.24, 2.45) is 0 Å². The molecule has 0 spiro atoms. The van der Waals surface area contributed by atoms with Crippen molar-refractivity contribution in [2.45, 2.75) is 32.7 Å². The molecule has 6 nitrogen and oxygen atoms in total. The number of benzene rings is 1. The average Bonchev–Trinajstić information content (AvgIpc) is 3.43. The molecule has 0 N–H and O–H groups in total. The van der Waals surface area contributed by atoms with E-state index in [1.165, 1.54) is 0 Å². The number of fused-ring (bicyclic) bond motifs is 1. The van der Waals surface area contributed by atoms with Crippen LogP contribution in [0.3, 0.4) is 0 Å². The number of carbonyl (C=O) groups excluding carboxylic acids is 2. The van der Waals surface area contributed by atoms with E-state index in [0.717, 1.165) is 24.2 Å². The lowest BCUT2D eigenvalue weighted by Gasteiger charge is -2.18. The van der Waals surface area contributed by atoms with E-state index in [4.69, 9.17) is 14.2 Å². The Morgan fingerprint density at radius 1 is 1.12 bits per heavy atom. The SMILES string of the molecule is Cc1cc(C(=O)COC(=O)c2ccc3c(c2)OCCO3)c(C)n1C1CC1. The van der Waals surface area contributed by atoms with Crippen molar-refractivity contribution >= 4 is 11.8 Å². The Morgan fingerprint density at radius 3 is 2.58 bits per heavy atom. The van der Waals surface area contributed by atoms with E-state index >= 15 is 0 Å². The molecule has 1 aliphatic carbocycles. The molecule has 4 rings (SSSR count). The second kappa shape index (κ2) is 6.52. The molecule has 1 aliphatic heterocycles. The summed E-state index contributed by atoms with van der Waals surface area (Å²) in [6.45, 7) is 4.61. The van der Waals surface area contributed by atoms with Crippen molar-refractivity contribution < 1.29 is 23.8 Å². The standard InChI is InChI=1S/C20H21NO5/c1-12-9-16(13(2)21(12)15-4-5-15)17(22)11-26-20(23)14-3-6-18-19(10-14)25-8-7-24-18/h3,6,9-10,15H,4-5,7-8,11H2,1-2H3. The molecular formula is C20H21NO5. The largest absolute Gasteiger partial charge is 0.486 e. The Hall–Kier alpha value is -2.76. The molecule has 0 saturated heterocycles. The summed E-state index contributed by atoms with van der Waals surface area (Å²) in [6, 6.07) is 7.26. The van der Waals surface area contributed by atoms with Crippen molar-refractivity contribution in [1.82, 2.24) is 4.57 Å². The smallest absolute Gasteiger partial charge is 0.338 e. The molecule has 0 radical (unpaired) electrons. The van der Waals surface area contributed by atoms with Crippen LogP contribution in [0.15, 0.2) is 24.3 Å². The van der Waals surface area contributed by atoms with Crippen LogP contribution in [-0.4, -0.2) is 36.1 Å². The molecule has 1 fully saturated rings. The van der Waals surface area contributed by atoms with Crippen LogP contribution in [0.4, 0.5) is 0 Å². The van der Waals surface area contributed by atoms with Gasteiger partial charge in [0.15, 0.2) is 18.1 Å². The number of nitrogens with zero attached hydrogens (tertiary/aromatic N) is 1. The summed E-state index contributed by atoms with van der Waals surface area (Å²) in [5.74, 6) is 0.392. The minimum Gasteiger partial charge on any atom is -0.486 e. The fourth-order valence-electron chi connectivity index (χ4n) is 3.42. The van der Waals surface area contributed by atoms with Crippen molar-refractivity contribution in [3.63, 3.8) is 0 Å². The number of ketones is 1. The third-order valence-electron chi connectivity index (χ3n) is 4.81. The lowest BCUT2D eigenvalue weighted by molar-refractivity contribution is 0.0473. The average molecular weight is 355 g/mol. The van der Waals surface area contributed by atoms with Crippen LogP contribution >= 0.6 is 0 Å². The van der Waals surface area contributed by atoms with Crippen LogP contribution < -0.4 is 9.47 Å². The molecule has 1 aromatic heterocycles. The lowest BCUT2D eigenvalue weighted by atomic mass is 10.1. The zero-order valence-electron chi connectivity index (χ0n) is 14.9. The van der Waals surface area contributed by atoms with E-state index in [-0.39, 0.29) is 12.4 Å². The van der Waals surface area contributed by atoms with Gasteiger partial charge >= 0.3 is 5.97 Å². The highest BCUT2D eigenvalue weighted by atomic mass is 16.6. The first kappa shape index (κ1) is 16.7. The van der Waals surface area contributed by atoms with Crippen LogP contribution in [0, 0.1) is 13.8 Å². The second-order valence-electron chi connectivity index (χ2n) is 6.74. The van der Waals surface area contributed by atoms with Gasteiger partial charge in [0.05, 0.1) is 5.56 Å². The molecule has 0 bridgehead atoms.